The van der Waals surface area contributed by atoms with Gasteiger partial charge in [-0.25, -0.2) is 32.6 Å². The van der Waals surface area contributed by atoms with Crippen LogP contribution in [0.2, 0.25) is 0 Å². The topological polar surface area (TPSA) is 167 Å². The van der Waals surface area contributed by atoms with Crippen molar-refractivity contribution < 1.29 is 37.4 Å². The molecule has 1 aliphatic heterocycles. The Morgan fingerprint density at radius 3 is 1.47 bits per heavy atom. The molecule has 0 radical (unpaired) electrons. The molecule has 12 rings (SSSR count). The van der Waals surface area contributed by atoms with Gasteiger partial charge in [-0.1, -0.05) is 42.8 Å². The molecule has 17 heteroatoms. The van der Waals surface area contributed by atoms with Crippen LogP contribution in [0.15, 0.2) is 109 Å². The number of nitrogens with one attached hydrogen (secondary N) is 2. The Morgan fingerprint density at radius 1 is 0.595 bits per heavy atom. The van der Waals surface area contributed by atoms with E-state index < -0.39 is 11.4 Å². The summed E-state index contributed by atoms with van der Waals surface area (Å²) in [5.41, 5.74) is 8.96. The van der Waals surface area contributed by atoms with Crippen molar-refractivity contribution in [3.63, 3.8) is 0 Å². The number of ketones is 2. The number of amides is 1. The Balaban J connectivity index is 0.000000170. The molecule has 1 amide bonds. The molecule has 0 bridgehead atoms. The summed E-state index contributed by atoms with van der Waals surface area (Å²) in [6.45, 7) is 12.1. The lowest BCUT2D eigenvalue weighted by Gasteiger charge is -2.39. The minimum absolute atomic E-state index is 0.182. The summed E-state index contributed by atoms with van der Waals surface area (Å²) in [6, 6.07) is 27.2. The number of benzene rings is 4. The van der Waals surface area contributed by atoms with Crippen LogP contribution in [0.25, 0.3) is 33.8 Å². The monoisotopic (exact) mass is 1070 g/mol. The third-order valence-corrected chi connectivity index (χ3v) is 14.9. The maximum Gasteiger partial charge on any atom is 0.410 e. The van der Waals surface area contributed by atoms with Gasteiger partial charge in [0.05, 0.1) is 35.2 Å². The molecular weight excluding hydrogens is 1000 g/mol. The number of anilines is 2. The predicted molar refractivity (Wildman–Crippen MR) is 298 cm³/mol. The van der Waals surface area contributed by atoms with Gasteiger partial charge >= 0.3 is 6.09 Å². The largest absolute Gasteiger partial charge is 0.444 e. The van der Waals surface area contributed by atoms with E-state index in [9.17, 15) is 23.2 Å². The molecule has 3 saturated carbocycles. The zero-order valence-corrected chi connectivity index (χ0v) is 45.2. The molecule has 408 valence electrons. The Morgan fingerprint density at radius 2 is 1.06 bits per heavy atom. The summed E-state index contributed by atoms with van der Waals surface area (Å²) in [4.78, 5) is 48.8. The number of Topliss-reactive ketones (excluding diaryl/α,β-unsaturated/α-hetero) is 2. The van der Waals surface area contributed by atoms with Crippen molar-refractivity contribution in [2.45, 2.75) is 98.0 Å². The Labute approximate surface area is 457 Å². The van der Waals surface area contributed by atoms with Gasteiger partial charge in [0.15, 0.2) is 22.9 Å². The number of hydrogen-bond donors (Lipinski definition) is 2. The number of rotatable bonds is 18. The zero-order chi connectivity index (χ0) is 55.0. The molecular formula is C62H65F2N9O6. The van der Waals surface area contributed by atoms with Gasteiger partial charge in [0, 0.05) is 91.5 Å². The van der Waals surface area contributed by atoms with Crippen molar-refractivity contribution in [2.75, 3.05) is 36.8 Å². The van der Waals surface area contributed by atoms with Crippen molar-refractivity contribution in [3.8, 4) is 45.8 Å². The normalized spacial score (nSPS) is 15.5. The van der Waals surface area contributed by atoms with E-state index in [1.165, 1.54) is 43.5 Å². The first-order chi connectivity index (χ1) is 38.0. The first-order valence-corrected chi connectivity index (χ1v) is 27.4. The minimum atomic E-state index is -0.537. The van der Waals surface area contributed by atoms with Gasteiger partial charge in [-0.15, -0.1) is 10.2 Å². The third-order valence-electron chi connectivity index (χ3n) is 14.9. The fourth-order valence-electron chi connectivity index (χ4n) is 9.99. The Kier molecular flexibility index (Phi) is 14.9. The van der Waals surface area contributed by atoms with Crippen LogP contribution in [0.4, 0.5) is 25.0 Å². The van der Waals surface area contributed by atoms with Gasteiger partial charge in [-0.2, -0.15) is 0 Å². The number of aryl methyl sites for hydroxylation is 2. The highest BCUT2D eigenvalue weighted by Gasteiger charge is 2.34. The number of imidazole rings is 2. The standard InChI is InChI=1S/C33H36FN5O4.C29H29FN4O2/c1-20-12-23(10-11-26(20)29(40)13-21-8-9-21)28-17-36-31-27(35-16-22-18-38(19-22)32(41)43-33(2,3)4)15-30(37-39(28)31)42-25-7-5-6-24(34)14-25;1-18-12-21(10-11-24(18)27(35)13-19-8-9-19)26-17-32-29-25(31-16-20-4-2-5-20)15-28(33-34(26)29)36-23-7-3-6-22(30)14-23/h5-7,10-12,14-15,17,21-22,35H,8-9,13,16,18-19H2,1-4H3;3,6-7,10-12,14-15,17,19-20,31H,2,4-5,8-9,13,16H2,1H3. The van der Waals surface area contributed by atoms with Crippen LogP contribution in [0, 0.1) is 49.2 Å². The molecule has 79 heavy (non-hydrogen) atoms. The van der Waals surface area contributed by atoms with E-state index in [1.54, 1.807) is 56.7 Å². The van der Waals surface area contributed by atoms with Crippen LogP contribution < -0.4 is 20.1 Å². The summed E-state index contributed by atoms with van der Waals surface area (Å²) >= 11 is 0. The second-order valence-electron chi connectivity index (χ2n) is 22.7. The number of fused-ring (bicyclic) bond motifs is 2. The van der Waals surface area contributed by atoms with Crippen molar-refractivity contribution in [2.24, 2.45) is 23.7 Å². The van der Waals surface area contributed by atoms with E-state index in [1.807, 2.05) is 77.1 Å². The summed E-state index contributed by atoms with van der Waals surface area (Å²) in [5, 5.41) is 16.4. The van der Waals surface area contributed by atoms with E-state index in [-0.39, 0.29) is 35.3 Å². The molecule has 4 fully saturated rings. The number of carbonyl (C=O) groups excluding carboxylic acids is 3. The molecule has 4 aromatic carbocycles. The van der Waals surface area contributed by atoms with Gasteiger partial charge in [0.1, 0.15) is 28.7 Å². The van der Waals surface area contributed by atoms with Gasteiger partial charge in [0.25, 0.3) is 0 Å². The maximum absolute atomic E-state index is 13.9. The van der Waals surface area contributed by atoms with E-state index in [0.717, 1.165) is 82.7 Å². The second-order valence-corrected chi connectivity index (χ2v) is 22.7. The van der Waals surface area contributed by atoms with Crippen LogP contribution in [-0.2, 0) is 4.74 Å². The summed E-state index contributed by atoms with van der Waals surface area (Å²) in [6.07, 6.45) is 12.8. The highest BCUT2D eigenvalue weighted by molar-refractivity contribution is 5.99. The van der Waals surface area contributed by atoms with E-state index in [4.69, 9.17) is 24.4 Å². The number of aromatic nitrogens is 6. The molecule has 5 heterocycles. The average Bonchev–Trinajstić information content (AvgIpc) is 4.30. The molecule has 0 spiro atoms. The molecule has 3 aliphatic carbocycles. The van der Waals surface area contributed by atoms with Crippen LogP contribution in [0.1, 0.15) is 110 Å². The van der Waals surface area contributed by atoms with Gasteiger partial charge in [-0.3, -0.25) is 9.59 Å². The van der Waals surface area contributed by atoms with Crippen molar-refractivity contribution in [1.82, 2.24) is 34.1 Å². The first-order valence-electron chi connectivity index (χ1n) is 27.4. The van der Waals surface area contributed by atoms with Gasteiger partial charge < -0.3 is 29.7 Å². The minimum Gasteiger partial charge on any atom is -0.444 e. The lowest BCUT2D eigenvalue weighted by atomic mass is 9.85. The highest BCUT2D eigenvalue weighted by Crippen LogP contribution is 2.37. The fourth-order valence-corrected chi connectivity index (χ4v) is 9.99. The summed E-state index contributed by atoms with van der Waals surface area (Å²) < 4.78 is 48.5. The molecule has 4 aromatic heterocycles. The lowest BCUT2D eigenvalue weighted by Crippen LogP contribution is -2.53. The van der Waals surface area contributed by atoms with Crippen molar-refractivity contribution in [3.05, 3.63) is 143 Å². The Hall–Kier alpha value is -8.21. The first kappa shape index (κ1) is 52.8. The molecule has 1 saturated heterocycles. The Bertz CT molecular complexity index is 3590. The molecule has 0 unspecified atom stereocenters. The van der Waals surface area contributed by atoms with Gasteiger partial charge in [0.2, 0.25) is 11.8 Å². The number of ether oxygens (including phenoxy) is 3. The van der Waals surface area contributed by atoms with Gasteiger partial charge in [-0.05, 0) is 138 Å². The maximum atomic E-state index is 13.9. The van der Waals surface area contributed by atoms with Crippen LogP contribution >= 0.6 is 0 Å². The van der Waals surface area contributed by atoms with Crippen LogP contribution in [0.5, 0.6) is 23.3 Å². The average molecular weight is 1070 g/mol. The summed E-state index contributed by atoms with van der Waals surface area (Å²) in [7, 11) is 0. The lowest BCUT2D eigenvalue weighted by molar-refractivity contribution is 0.000823. The summed E-state index contributed by atoms with van der Waals surface area (Å²) in [5.74, 6) is 2.89. The molecule has 4 aliphatic rings. The number of hydrogen-bond acceptors (Lipinski definition) is 12. The second kappa shape index (κ2) is 22.3. The number of carbonyl (C=O) groups is 3. The molecule has 2 N–H and O–H groups in total. The highest BCUT2D eigenvalue weighted by atomic mass is 19.1. The number of likely N-dealkylation sites (tertiary alicyclic amines) is 1. The smallest absolute Gasteiger partial charge is 0.410 e. The van der Waals surface area contributed by atoms with Crippen LogP contribution in [-0.4, -0.2) is 83.5 Å². The van der Waals surface area contributed by atoms with E-state index in [2.05, 4.69) is 20.6 Å². The molecule has 0 atom stereocenters. The molecule has 8 aromatic rings. The van der Waals surface area contributed by atoms with E-state index in [0.29, 0.717) is 84.6 Å². The SMILES string of the molecule is Cc1cc(-c2cnc3c(NCC4CCC4)cc(Oc4cccc(F)c4)nn23)ccc1C(=O)CC1CC1.Cc1cc(-c2cnc3c(NCC4CN(C(=O)OC(C)(C)C)C4)cc(Oc4cccc(F)c4)nn23)ccc1C(=O)CC1CC1. The third kappa shape index (κ3) is 12.7. The quantitative estimate of drug-likeness (QED) is 0.0782. The van der Waals surface area contributed by atoms with Crippen molar-refractivity contribution >= 4 is 40.3 Å². The van der Waals surface area contributed by atoms with E-state index >= 15 is 0 Å². The number of nitrogens with zero attached hydrogens (tertiary/aromatic N) is 7. The van der Waals surface area contributed by atoms with Crippen LogP contribution in [0.3, 0.4) is 0 Å². The fraction of sp³-hybridized carbons (Fsp3) is 0.371. The number of halogens is 2. The molecule has 15 nitrogen and oxygen atoms in total. The van der Waals surface area contributed by atoms with Crippen molar-refractivity contribution in [1.29, 1.82) is 0 Å². The zero-order valence-electron chi connectivity index (χ0n) is 45.2. The predicted octanol–water partition coefficient (Wildman–Crippen LogP) is 13.7.